The Morgan fingerprint density at radius 1 is 1.64 bits per heavy atom. The van der Waals surface area contributed by atoms with Crippen LogP contribution in [0.4, 0.5) is 0 Å². The fourth-order valence-electron chi connectivity index (χ4n) is 1.44. The van der Waals surface area contributed by atoms with E-state index in [1.807, 2.05) is 24.9 Å². The van der Waals surface area contributed by atoms with E-state index < -0.39 is 0 Å². The van der Waals surface area contributed by atoms with Crippen molar-refractivity contribution in [1.29, 1.82) is 0 Å². The van der Waals surface area contributed by atoms with Gasteiger partial charge in [0.05, 0.1) is 0 Å². The van der Waals surface area contributed by atoms with E-state index in [1.165, 1.54) is 16.9 Å². The summed E-state index contributed by atoms with van der Waals surface area (Å²) in [7, 11) is 0. The maximum atomic E-state index is 4.26. The molecule has 0 bridgehead atoms. The lowest BCUT2D eigenvalue weighted by Gasteiger charge is -1.96. The van der Waals surface area contributed by atoms with Crippen molar-refractivity contribution in [2.75, 3.05) is 0 Å². The van der Waals surface area contributed by atoms with E-state index in [9.17, 15) is 0 Å². The highest BCUT2D eigenvalue weighted by Gasteiger charge is 2.18. The summed E-state index contributed by atoms with van der Waals surface area (Å²) in [6.45, 7) is 4.31. The summed E-state index contributed by atoms with van der Waals surface area (Å²) in [6.07, 6.45) is 3.21. The van der Waals surface area contributed by atoms with Crippen LogP contribution in [0.3, 0.4) is 0 Å². The minimum Gasteiger partial charge on any atom is -0.260 e. The van der Waals surface area contributed by atoms with Gasteiger partial charge in [-0.05, 0) is 25.0 Å². The minimum atomic E-state index is 0.744. The molecule has 11 heavy (non-hydrogen) atoms. The summed E-state index contributed by atoms with van der Waals surface area (Å²) in [4.78, 5) is 5.64. The van der Waals surface area contributed by atoms with Gasteiger partial charge < -0.3 is 0 Å². The third kappa shape index (κ3) is 1.27. The van der Waals surface area contributed by atoms with Gasteiger partial charge in [-0.1, -0.05) is 6.92 Å². The van der Waals surface area contributed by atoms with Crippen molar-refractivity contribution in [1.82, 2.24) is 4.98 Å². The van der Waals surface area contributed by atoms with Crippen molar-refractivity contribution in [3.05, 3.63) is 23.5 Å². The number of aryl methyl sites for hydroxylation is 1. The van der Waals surface area contributed by atoms with Crippen LogP contribution in [0.1, 0.15) is 18.2 Å². The lowest BCUT2D eigenvalue weighted by Crippen LogP contribution is -1.91. The van der Waals surface area contributed by atoms with Crippen molar-refractivity contribution >= 4 is 11.8 Å². The second kappa shape index (κ2) is 2.52. The molecule has 58 valence electrons. The monoisotopic (exact) mass is 165 g/mol. The van der Waals surface area contributed by atoms with Crippen LogP contribution in [0.25, 0.3) is 0 Å². The molecule has 1 aliphatic rings. The topological polar surface area (TPSA) is 12.9 Å². The van der Waals surface area contributed by atoms with Crippen LogP contribution in [0.15, 0.2) is 17.2 Å². The number of rotatable bonds is 0. The molecule has 1 atom stereocenters. The number of nitrogens with zero attached hydrogens (tertiary/aromatic N) is 1. The van der Waals surface area contributed by atoms with Crippen LogP contribution in [-0.4, -0.2) is 10.2 Å². The zero-order chi connectivity index (χ0) is 7.84. The third-order valence-electron chi connectivity index (χ3n) is 1.92. The van der Waals surface area contributed by atoms with Gasteiger partial charge in [-0.2, -0.15) is 0 Å². The molecule has 1 unspecified atom stereocenters. The first kappa shape index (κ1) is 7.17. The first-order valence-electron chi connectivity index (χ1n) is 3.88. The van der Waals surface area contributed by atoms with Gasteiger partial charge >= 0.3 is 0 Å². The molecule has 2 heterocycles. The van der Waals surface area contributed by atoms with Crippen molar-refractivity contribution in [3.63, 3.8) is 0 Å². The SMILES string of the molecule is Cc1cc2c(cn1)SC(C)C2. The highest BCUT2D eigenvalue weighted by atomic mass is 32.2. The molecular formula is C9H11NS. The van der Waals surface area contributed by atoms with E-state index in [2.05, 4.69) is 18.0 Å². The molecule has 0 N–H and O–H groups in total. The normalized spacial score (nSPS) is 21.8. The van der Waals surface area contributed by atoms with Gasteiger partial charge in [0.1, 0.15) is 0 Å². The molecule has 0 aromatic carbocycles. The number of hydrogen-bond donors (Lipinski definition) is 0. The van der Waals surface area contributed by atoms with Crippen LogP contribution >= 0.6 is 11.8 Å². The van der Waals surface area contributed by atoms with E-state index in [-0.39, 0.29) is 0 Å². The Kier molecular flexibility index (Phi) is 1.64. The Morgan fingerprint density at radius 3 is 3.27 bits per heavy atom. The van der Waals surface area contributed by atoms with Gasteiger partial charge in [0.25, 0.3) is 0 Å². The summed E-state index contributed by atoms with van der Waals surface area (Å²) < 4.78 is 0. The van der Waals surface area contributed by atoms with E-state index in [0.29, 0.717) is 0 Å². The fourth-order valence-corrected chi connectivity index (χ4v) is 2.54. The van der Waals surface area contributed by atoms with Crippen molar-refractivity contribution < 1.29 is 0 Å². The van der Waals surface area contributed by atoms with Gasteiger partial charge in [0.15, 0.2) is 0 Å². The first-order chi connectivity index (χ1) is 5.25. The van der Waals surface area contributed by atoms with E-state index in [1.54, 1.807) is 0 Å². The largest absolute Gasteiger partial charge is 0.260 e. The summed E-state index contributed by atoms with van der Waals surface area (Å²) in [5, 5.41) is 0.744. The lowest BCUT2D eigenvalue weighted by atomic mass is 10.1. The average molecular weight is 165 g/mol. The molecular weight excluding hydrogens is 154 g/mol. The van der Waals surface area contributed by atoms with Gasteiger partial charge in [0, 0.05) is 22.0 Å². The van der Waals surface area contributed by atoms with Crippen LogP contribution in [-0.2, 0) is 6.42 Å². The van der Waals surface area contributed by atoms with Crippen molar-refractivity contribution in [3.8, 4) is 0 Å². The zero-order valence-electron chi connectivity index (χ0n) is 6.79. The van der Waals surface area contributed by atoms with Gasteiger partial charge in [-0.25, -0.2) is 0 Å². The predicted molar refractivity (Wildman–Crippen MR) is 48.0 cm³/mol. The Hall–Kier alpha value is -0.500. The minimum absolute atomic E-state index is 0.744. The second-order valence-corrected chi connectivity index (χ2v) is 4.55. The van der Waals surface area contributed by atoms with Crippen LogP contribution in [0, 0.1) is 6.92 Å². The van der Waals surface area contributed by atoms with Crippen molar-refractivity contribution in [2.24, 2.45) is 0 Å². The number of fused-ring (bicyclic) bond motifs is 1. The summed E-state index contributed by atoms with van der Waals surface area (Å²) >= 11 is 1.94. The number of hydrogen-bond acceptors (Lipinski definition) is 2. The van der Waals surface area contributed by atoms with Gasteiger partial charge in [-0.15, -0.1) is 11.8 Å². The molecule has 1 aromatic heterocycles. The molecule has 0 amide bonds. The molecule has 0 fully saturated rings. The van der Waals surface area contributed by atoms with Crippen LogP contribution < -0.4 is 0 Å². The summed E-state index contributed by atoms with van der Waals surface area (Å²) in [5.74, 6) is 0. The smallest absolute Gasteiger partial charge is 0.0410 e. The molecule has 2 heteroatoms. The van der Waals surface area contributed by atoms with Crippen LogP contribution in [0.2, 0.25) is 0 Å². The highest BCUT2D eigenvalue weighted by Crippen LogP contribution is 2.35. The molecule has 0 spiro atoms. The Morgan fingerprint density at radius 2 is 2.45 bits per heavy atom. The molecule has 0 radical (unpaired) electrons. The maximum absolute atomic E-state index is 4.26. The van der Waals surface area contributed by atoms with Gasteiger partial charge in [0.2, 0.25) is 0 Å². The second-order valence-electron chi connectivity index (χ2n) is 3.07. The molecule has 2 rings (SSSR count). The lowest BCUT2D eigenvalue weighted by molar-refractivity contribution is 0.948. The molecule has 0 saturated heterocycles. The number of pyridine rings is 1. The summed E-state index contributed by atoms with van der Waals surface area (Å²) in [5.41, 5.74) is 2.62. The highest BCUT2D eigenvalue weighted by molar-refractivity contribution is 8.00. The Bertz CT molecular complexity index is 283. The van der Waals surface area contributed by atoms with Gasteiger partial charge in [-0.3, -0.25) is 4.98 Å². The quantitative estimate of drug-likeness (QED) is 0.585. The first-order valence-corrected chi connectivity index (χ1v) is 4.76. The fraction of sp³-hybridized carbons (Fsp3) is 0.444. The molecule has 1 aliphatic heterocycles. The standard InChI is InChI=1S/C9H11NS/c1-6-3-8-4-7(2)11-9(8)5-10-6/h3,5,7H,4H2,1-2H3. The Labute approximate surface area is 71.2 Å². The maximum Gasteiger partial charge on any atom is 0.0410 e. The average Bonchev–Trinajstić information content (AvgIpc) is 2.27. The molecule has 1 aromatic rings. The summed E-state index contributed by atoms with van der Waals surface area (Å²) in [6, 6.07) is 2.20. The molecule has 0 saturated carbocycles. The van der Waals surface area contributed by atoms with E-state index >= 15 is 0 Å². The van der Waals surface area contributed by atoms with E-state index in [4.69, 9.17) is 0 Å². The third-order valence-corrected chi connectivity index (χ3v) is 3.11. The van der Waals surface area contributed by atoms with E-state index in [0.717, 1.165) is 10.9 Å². The predicted octanol–water partition coefficient (Wildman–Crippen LogP) is 2.43. The molecule has 0 aliphatic carbocycles. The number of aromatic nitrogens is 1. The zero-order valence-corrected chi connectivity index (χ0v) is 7.61. The Balaban J connectivity index is 2.43. The van der Waals surface area contributed by atoms with Crippen molar-refractivity contribution in [2.45, 2.75) is 30.4 Å². The molecule has 1 nitrogen and oxygen atoms in total. The van der Waals surface area contributed by atoms with Crippen LogP contribution in [0.5, 0.6) is 0 Å². The number of thioether (sulfide) groups is 1.